The van der Waals surface area contributed by atoms with Crippen LogP contribution in [0.25, 0.3) is 0 Å². The van der Waals surface area contributed by atoms with Crippen LogP contribution in [0.1, 0.15) is 66.2 Å². The molecule has 0 bridgehead atoms. The fourth-order valence-corrected chi connectivity index (χ4v) is 3.85. The van der Waals surface area contributed by atoms with Crippen LogP contribution < -0.4 is 5.32 Å². The van der Waals surface area contributed by atoms with Gasteiger partial charge in [0.05, 0.1) is 0 Å². The Balaban J connectivity index is 2.04. The molecule has 0 spiro atoms. The number of nitrogens with zero attached hydrogens (tertiary/aromatic N) is 1. The van der Waals surface area contributed by atoms with E-state index in [1.54, 1.807) is 0 Å². The van der Waals surface area contributed by atoms with Crippen LogP contribution in [-0.4, -0.2) is 36.1 Å². The Kier molecular flexibility index (Phi) is 5.70. The average Bonchev–Trinajstić information content (AvgIpc) is 3.21. The summed E-state index contributed by atoms with van der Waals surface area (Å²) in [6.45, 7) is 11.8. The van der Waals surface area contributed by atoms with Gasteiger partial charge < -0.3 is 5.32 Å². The van der Waals surface area contributed by atoms with Gasteiger partial charge >= 0.3 is 0 Å². The zero-order chi connectivity index (χ0) is 13.8. The summed E-state index contributed by atoms with van der Waals surface area (Å²) in [6.07, 6.45) is 8.51. The minimum Gasteiger partial charge on any atom is -0.313 e. The largest absolute Gasteiger partial charge is 0.313 e. The molecule has 2 saturated carbocycles. The third-order valence-electron chi connectivity index (χ3n) is 4.99. The number of likely N-dealkylation sites (N-methyl/N-ethyl adjacent to an activating group) is 1. The summed E-state index contributed by atoms with van der Waals surface area (Å²) in [5.74, 6) is 1.76. The zero-order valence-corrected chi connectivity index (χ0v) is 13.5. The number of nitrogens with one attached hydrogen (secondary N) is 1. The molecule has 0 aromatic carbocycles. The van der Waals surface area contributed by atoms with Crippen molar-refractivity contribution in [3.05, 3.63) is 0 Å². The summed E-state index contributed by atoms with van der Waals surface area (Å²) in [5.41, 5.74) is 0. The Bertz CT molecular complexity index is 260. The molecule has 2 aliphatic rings. The number of rotatable bonds is 7. The second kappa shape index (κ2) is 7.08. The molecule has 2 nitrogen and oxygen atoms in total. The molecule has 2 fully saturated rings. The van der Waals surface area contributed by atoms with Crippen molar-refractivity contribution in [2.45, 2.75) is 84.3 Å². The van der Waals surface area contributed by atoms with Gasteiger partial charge in [0.15, 0.2) is 0 Å². The molecule has 3 unspecified atom stereocenters. The van der Waals surface area contributed by atoms with Crippen LogP contribution in [0.4, 0.5) is 0 Å². The first-order valence-electron chi connectivity index (χ1n) is 8.64. The van der Waals surface area contributed by atoms with Crippen LogP contribution in [0.15, 0.2) is 0 Å². The van der Waals surface area contributed by atoms with Crippen LogP contribution in [0, 0.1) is 11.8 Å². The highest BCUT2D eigenvalue weighted by molar-refractivity contribution is 4.97. The van der Waals surface area contributed by atoms with Crippen LogP contribution in [0.5, 0.6) is 0 Å². The standard InChI is InChI=1S/C17H34N2/c1-5-14-7-10-16(18-6-2)17(11-14)19(12-13(3)4)15-8-9-15/h13-18H,5-12H2,1-4H3. The molecule has 0 amide bonds. The molecule has 1 N–H and O–H groups in total. The van der Waals surface area contributed by atoms with Gasteiger partial charge in [0.1, 0.15) is 0 Å². The summed E-state index contributed by atoms with van der Waals surface area (Å²) in [7, 11) is 0. The first-order valence-corrected chi connectivity index (χ1v) is 8.64. The molecule has 2 aliphatic carbocycles. The van der Waals surface area contributed by atoms with Crippen molar-refractivity contribution in [3.8, 4) is 0 Å². The van der Waals surface area contributed by atoms with Gasteiger partial charge in [0, 0.05) is 24.7 Å². The van der Waals surface area contributed by atoms with Crippen molar-refractivity contribution in [3.63, 3.8) is 0 Å². The van der Waals surface area contributed by atoms with Crippen LogP contribution in [-0.2, 0) is 0 Å². The highest BCUT2D eigenvalue weighted by atomic mass is 15.2. The number of hydrogen-bond donors (Lipinski definition) is 1. The molecular formula is C17H34N2. The second-order valence-electron chi connectivity index (χ2n) is 7.14. The summed E-state index contributed by atoms with van der Waals surface area (Å²) in [6, 6.07) is 2.45. The fraction of sp³-hybridized carbons (Fsp3) is 1.00. The first kappa shape index (κ1) is 15.3. The van der Waals surface area contributed by atoms with Crippen LogP contribution in [0.2, 0.25) is 0 Å². The lowest BCUT2D eigenvalue weighted by Crippen LogP contribution is -2.54. The van der Waals surface area contributed by atoms with Gasteiger partial charge in [-0.1, -0.05) is 34.1 Å². The van der Waals surface area contributed by atoms with Gasteiger partial charge in [0.2, 0.25) is 0 Å². The van der Waals surface area contributed by atoms with E-state index >= 15 is 0 Å². The van der Waals surface area contributed by atoms with Gasteiger partial charge in [-0.2, -0.15) is 0 Å². The maximum Gasteiger partial charge on any atom is 0.0255 e. The van der Waals surface area contributed by atoms with Crippen molar-refractivity contribution in [2.24, 2.45) is 11.8 Å². The van der Waals surface area contributed by atoms with Gasteiger partial charge in [-0.15, -0.1) is 0 Å². The monoisotopic (exact) mass is 266 g/mol. The summed E-state index contributed by atoms with van der Waals surface area (Å²) in [5, 5.41) is 3.77. The third kappa shape index (κ3) is 4.19. The third-order valence-corrected chi connectivity index (χ3v) is 4.99. The first-order chi connectivity index (χ1) is 9.15. The Morgan fingerprint density at radius 3 is 2.37 bits per heavy atom. The average molecular weight is 266 g/mol. The smallest absolute Gasteiger partial charge is 0.0255 e. The van der Waals surface area contributed by atoms with E-state index < -0.39 is 0 Å². The highest BCUT2D eigenvalue weighted by Crippen LogP contribution is 2.37. The predicted molar refractivity (Wildman–Crippen MR) is 83.5 cm³/mol. The van der Waals surface area contributed by atoms with Crippen LogP contribution >= 0.6 is 0 Å². The second-order valence-corrected chi connectivity index (χ2v) is 7.14. The molecule has 0 heterocycles. The lowest BCUT2D eigenvalue weighted by Gasteiger charge is -2.44. The van der Waals surface area contributed by atoms with E-state index in [4.69, 9.17) is 0 Å². The minimum absolute atomic E-state index is 0.743. The molecule has 2 heteroatoms. The maximum absolute atomic E-state index is 3.77. The minimum atomic E-state index is 0.743. The van der Waals surface area contributed by atoms with Gasteiger partial charge in [-0.3, -0.25) is 4.90 Å². The predicted octanol–water partition coefficient (Wildman–Crippen LogP) is 3.66. The Hall–Kier alpha value is -0.0800. The van der Waals surface area contributed by atoms with Crippen molar-refractivity contribution < 1.29 is 0 Å². The molecule has 0 aromatic rings. The summed E-state index contributed by atoms with van der Waals surface area (Å²) >= 11 is 0. The zero-order valence-electron chi connectivity index (χ0n) is 13.5. The molecule has 2 rings (SSSR count). The lowest BCUT2D eigenvalue weighted by atomic mass is 9.80. The summed E-state index contributed by atoms with van der Waals surface area (Å²) in [4.78, 5) is 2.87. The van der Waals surface area contributed by atoms with Crippen LogP contribution in [0.3, 0.4) is 0 Å². The van der Waals surface area contributed by atoms with E-state index in [0.29, 0.717) is 0 Å². The van der Waals surface area contributed by atoms with E-state index in [1.165, 1.54) is 45.1 Å². The van der Waals surface area contributed by atoms with E-state index in [-0.39, 0.29) is 0 Å². The Morgan fingerprint density at radius 2 is 1.84 bits per heavy atom. The van der Waals surface area contributed by atoms with E-state index in [1.807, 2.05) is 0 Å². The van der Waals surface area contributed by atoms with Gasteiger partial charge in [0.25, 0.3) is 0 Å². The van der Waals surface area contributed by atoms with Crippen molar-refractivity contribution in [1.82, 2.24) is 10.2 Å². The van der Waals surface area contributed by atoms with Crippen molar-refractivity contribution in [1.29, 1.82) is 0 Å². The van der Waals surface area contributed by atoms with E-state index in [9.17, 15) is 0 Å². The van der Waals surface area contributed by atoms with E-state index in [2.05, 4.69) is 37.9 Å². The molecule has 0 aromatic heterocycles. The maximum atomic E-state index is 3.77. The molecule has 19 heavy (non-hydrogen) atoms. The molecule has 0 radical (unpaired) electrons. The number of hydrogen-bond acceptors (Lipinski definition) is 2. The SMILES string of the molecule is CCNC1CCC(CC)CC1N(CC(C)C)C1CC1. The highest BCUT2D eigenvalue weighted by Gasteiger charge is 2.40. The molecule has 0 saturated heterocycles. The van der Waals surface area contributed by atoms with E-state index in [0.717, 1.165) is 36.5 Å². The van der Waals surface area contributed by atoms with Crippen molar-refractivity contribution in [2.75, 3.05) is 13.1 Å². The Labute approximate surface area is 120 Å². The van der Waals surface area contributed by atoms with Gasteiger partial charge in [-0.05, 0) is 50.5 Å². The topological polar surface area (TPSA) is 15.3 Å². The molecule has 0 aliphatic heterocycles. The molecular weight excluding hydrogens is 232 g/mol. The fourth-order valence-electron chi connectivity index (χ4n) is 3.85. The van der Waals surface area contributed by atoms with Gasteiger partial charge in [-0.25, -0.2) is 0 Å². The van der Waals surface area contributed by atoms with Crippen molar-refractivity contribution >= 4 is 0 Å². The summed E-state index contributed by atoms with van der Waals surface area (Å²) < 4.78 is 0. The lowest BCUT2D eigenvalue weighted by molar-refractivity contribution is 0.0788. The quantitative estimate of drug-likeness (QED) is 0.756. The molecule has 3 atom stereocenters. The molecule has 112 valence electrons. The Morgan fingerprint density at radius 1 is 1.11 bits per heavy atom. The normalized spacial score (nSPS) is 32.2.